The molecule has 0 radical (unpaired) electrons. The van der Waals surface area contributed by atoms with Gasteiger partial charge in [0.2, 0.25) is 0 Å². The van der Waals surface area contributed by atoms with Crippen molar-refractivity contribution in [3.05, 3.63) is 109 Å². The molecule has 0 aromatic heterocycles. The normalized spacial score (nSPS) is 15.7. The molecular formula is C36H42ClNPPd-. The summed E-state index contributed by atoms with van der Waals surface area (Å²) in [5, 5.41) is 1.71. The summed E-state index contributed by atoms with van der Waals surface area (Å²) in [5.74, 6) is 0. The fourth-order valence-electron chi connectivity index (χ4n) is 6.35. The number of nitrogens with two attached hydrogens (primary N) is 1. The van der Waals surface area contributed by atoms with Crippen LogP contribution in [-0.4, -0.2) is 11.3 Å². The van der Waals surface area contributed by atoms with Crippen LogP contribution in [0, 0.1) is 0 Å². The minimum absolute atomic E-state index is 0. The maximum atomic E-state index is 5.85. The predicted molar refractivity (Wildman–Crippen MR) is 168 cm³/mol. The van der Waals surface area contributed by atoms with Gasteiger partial charge in [-0.25, -0.2) is 0 Å². The van der Waals surface area contributed by atoms with Crippen LogP contribution in [0.4, 0.5) is 5.69 Å². The van der Waals surface area contributed by atoms with Crippen LogP contribution in [0.3, 0.4) is 0 Å². The average molecular weight is 662 g/mol. The van der Waals surface area contributed by atoms with Crippen molar-refractivity contribution in [2.24, 2.45) is 0 Å². The van der Waals surface area contributed by atoms with E-state index in [1.807, 2.05) is 42.5 Å². The zero-order valence-electron chi connectivity index (χ0n) is 23.3. The van der Waals surface area contributed by atoms with E-state index >= 15 is 0 Å². The Bertz CT molecular complexity index is 1240. The number of para-hydroxylation sites is 1. The van der Waals surface area contributed by atoms with Gasteiger partial charge in [-0.1, -0.05) is 150 Å². The third-order valence-corrected chi connectivity index (χ3v) is 11.8. The first-order valence-electron chi connectivity index (χ1n) is 14.6. The summed E-state index contributed by atoms with van der Waals surface area (Å²) in [6, 6.07) is 38.6. The van der Waals surface area contributed by atoms with Crippen LogP contribution in [0.1, 0.15) is 64.2 Å². The molecule has 4 aromatic rings. The van der Waals surface area contributed by atoms with Gasteiger partial charge in [-0.2, -0.15) is 0 Å². The Morgan fingerprint density at radius 3 is 1.38 bits per heavy atom. The Balaban J connectivity index is 0.000000250. The first-order chi connectivity index (χ1) is 18.8. The van der Waals surface area contributed by atoms with Gasteiger partial charge in [0.05, 0.1) is 0 Å². The minimum atomic E-state index is -0.0365. The second kappa shape index (κ2) is 17.1. The smallest absolute Gasteiger partial charge is 0.0393 e. The van der Waals surface area contributed by atoms with Crippen molar-refractivity contribution in [1.82, 2.24) is 0 Å². The van der Waals surface area contributed by atoms with Gasteiger partial charge in [0.25, 0.3) is 0 Å². The number of benzene rings is 4. The average Bonchev–Trinajstić information content (AvgIpc) is 3.00. The van der Waals surface area contributed by atoms with Crippen molar-refractivity contribution in [3.8, 4) is 22.3 Å². The molecule has 4 heteroatoms. The molecule has 0 bridgehead atoms. The van der Waals surface area contributed by atoms with Crippen LogP contribution in [0.2, 0.25) is 0 Å². The van der Waals surface area contributed by atoms with E-state index in [9.17, 15) is 0 Å². The van der Waals surface area contributed by atoms with Crippen molar-refractivity contribution in [1.29, 1.82) is 0 Å². The number of rotatable bonds is 5. The monoisotopic (exact) mass is 660 g/mol. The fraction of sp³-hybridized carbons (Fsp3) is 0.333. The number of anilines is 1. The Hall–Kier alpha value is -1.94. The van der Waals surface area contributed by atoms with Crippen molar-refractivity contribution in [2.75, 3.05) is 5.73 Å². The van der Waals surface area contributed by atoms with Gasteiger partial charge in [-0.3, -0.25) is 0 Å². The molecule has 2 saturated carbocycles. The zero-order chi connectivity index (χ0) is 26.0. The summed E-state index contributed by atoms with van der Waals surface area (Å²) in [6.45, 7) is 0. The van der Waals surface area contributed by atoms with Crippen molar-refractivity contribution < 1.29 is 32.8 Å². The van der Waals surface area contributed by atoms with Gasteiger partial charge in [0.15, 0.2) is 0 Å². The largest absolute Gasteiger partial charge is 1.00 e. The molecule has 1 nitrogen and oxygen atoms in total. The molecule has 0 spiro atoms. The molecule has 2 aliphatic rings. The molecule has 0 aliphatic heterocycles. The molecule has 0 unspecified atom stereocenters. The number of hydrogen-bond acceptors (Lipinski definition) is 1. The second-order valence-corrected chi connectivity index (χ2v) is 13.6. The Kier molecular flexibility index (Phi) is 13.9. The number of halogens is 1. The van der Waals surface area contributed by atoms with E-state index in [0.29, 0.717) is 0 Å². The molecule has 0 amide bonds. The molecule has 0 heterocycles. The summed E-state index contributed by atoms with van der Waals surface area (Å²) in [5.41, 5.74) is 13.8. The standard InChI is InChI=1S/C24H31P.C12H11N.ClH.Pd/c1-4-12-20(13-5-1)23-18-10-11-19-24(23)25(21-14-6-2-7-15-21)22-16-8-3-9-17-22;13-12-9-5-4-8-11(12)10-6-2-1-3-7-10;;/h1,4-5,10-13,18-19,21-22H,2-3,6-9,14-17H2;1-9H,13H2;1H;/p-1. The maximum absolute atomic E-state index is 5.85. The summed E-state index contributed by atoms with van der Waals surface area (Å²) in [4.78, 5) is 0. The molecular weight excluding hydrogens is 619 g/mol. The number of hydrogen-bond donors (Lipinski definition) is 1. The topological polar surface area (TPSA) is 26.0 Å². The van der Waals surface area contributed by atoms with E-state index in [1.54, 1.807) is 5.30 Å². The fourth-order valence-corrected chi connectivity index (χ4v) is 10.3. The second-order valence-electron chi connectivity index (χ2n) is 10.8. The van der Waals surface area contributed by atoms with E-state index in [1.165, 1.54) is 80.9 Å². The van der Waals surface area contributed by atoms with Crippen LogP contribution in [0.5, 0.6) is 0 Å². The Morgan fingerprint density at radius 2 is 0.875 bits per heavy atom. The first kappa shape index (κ1) is 32.6. The zero-order valence-corrected chi connectivity index (χ0v) is 26.5. The van der Waals surface area contributed by atoms with Crippen LogP contribution >= 0.6 is 7.92 Å². The third-order valence-electron chi connectivity index (χ3n) is 8.25. The molecule has 0 saturated heterocycles. The molecule has 4 aromatic carbocycles. The van der Waals surface area contributed by atoms with Crippen molar-refractivity contribution >= 4 is 18.9 Å². The Labute approximate surface area is 263 Å². The quantitative estimate of drug-likeness (QED) is 0.138. The van der Waals surface area contributed by atoms with Crippen LogP contribution in [0.25, 0.3) is 22.3 Å². The van der Waals surface area contributed by atoms with Crippen LogP contribution < -0.4 is 23.4 Å². The molecule has 214 valence electrons. The van der Waals surface area contributed by atoms with Gasteiger partial charge < -0.3 is 18.1 Å². The van der Waals surface area contributed by atoms with Crippen molar-refractivity contribution in [3.63, 3.8) is 0 Å². The third kappa shape index (κ3) is 8.54. The summed E-state index contributed by atoms with van der Waals surface area (Å²) in [7, 11) is -0.0365. The van der Waals surface area contributed by atoms with Gasteiger partial charge in [-0.05, 0) is 65.1 Å². The molecule has 0 atom stereocenters. The van der Waals surface area contributed by atoms with Crippen LogP contribution in [0.15, 0.2) is 109 Å². The molecule has 2 aliphatic carbocycles. The molecule has 2 N–H and O–H groups in total. The van der Waals surface area contributed by atoms with Gasteiger partial charge >= 0.3 is 0 Å². The predicted octanol–water partition coefficient (Wildman–Crippen LogP) is 7.06. The molecule has 6 rings (SSSR count). The van der Waals surface area contributed by atoms with E-state index in [0.717, 1.165) is 22.6 Å². The maximum Gasteiger partial charge on any atom is 0.0393 e. The van der Waals surface area contributed by atoms with E-state index < -0.39 is 0 Å². The van der Waals surface area contributed by atoms with Gasteiger partial charge in [0.1, 0.15) is 0 Å². The molecule has 2 fully saturated rings. The molecule has 40 heavy (non-hydrogen) atoms. The van der Waals surface area contributed by atoms with Gasteiger partial charge in [-0.15, -0.1) is 0 Å². The van der Waals surface area contributed by atoms with E-state index in [-0.39, 0.29) is 40.8 Å². The van der Waals surface area contributed by atoms with E-state index in [4.69, 9.17) is 5.73 Å². The van der Waals surface area contributed by atoms with Gasteiger partial charge in [0, 0.05) is 31.7 Å². The SMILES string of the molecule is Nc1ccccc1-c1ccccc1.[Cl-].[Pd].c1ccc(-c2ccccc2P(C2CCCCC2)C2CCCCC2)cc1. The van der Waals surface area contributed by atoms with Crippen LogP contribution in [-0.2, 0) is 20.4 Å². The Morgan fingerprint density at radius 1 is 0.475 bits per heavy atom. The summed E-state index contributed by atoms with van der Waals surface area (Å²) < 4.78 is 0. The van der Waals surface area contributed by atoms with Crippen molar-refractivity contribution in [2.45, 2.75) is 75.5 Å². The minimum Gasteiger partial charge on any atom is -1.00 e. The first-order valence-corrected chi connectivity index (χ1v) is 16.1. The van der Waals surface area contributed by atoms with E-state index in [2.05, 4.69) is 66.7 Å². The number of nitrogen functional groups attached to an aromatic ring is 1. The summed E-state index contributed by atoms with van der Waals surface area (Å²) >= 11 is 0. The summed E-state index contributed by atoms with van der Waals surface area (Å²) in [6.07, 6.45) is 14.7.